The molecule has 1 aliphatic heterocycles. The molecule has 88 valence electrons. The Morgan fingerprint density at radius 2 is 2.12 bits per heavy atom. The van der Waals surface area contributed by atoms with E-state index in [1.807, 2.05) is 12.1 Å². The Labute approximate surface area is 97.7 Å². The summed E-state index contributed by atoms with van der Waals surface area (Å²) in [7, 11) is 0. The second-order valence-electron chi connectivity index (χ2n) is 5.16. The van der Waals surface area contributed by atoms with Crippen LogP contribution in [0.25, 0.3) is 0 Å². The van der Waals surface area contributed by atoms with Crippen LogP contribution in [0.2, 0.25) is 0 Å². The third kappa shape index (κ3) is 2.42. The number of aromatic nitrogens is 1. The Morgan fingerprint density at radius 1 is 1.38 bits per heavy atom. The molecule has 0 bridgehead atoms. The van der Waals surface area contributed by atoms with E-state index >= 15 is 0 Å². The Hall–Kier alpha value is -0.930. The average Bonchev–Trinajstić information content (AvgIpc) is 2.59. The highest BCUT2D eigenvalue weighted by molar-refractivity contribution is 5.11. The van der Waals surface area contributed by atoms with Gasteiger partial charge in [-0.25, -0.2) is 0 Å². The van der Waals surface area contributed by atoms with Crippen molar-refractivity contribution in [3.63, 3.8) is 0 Å². The van der Waals surface area contributed by atoms with Gasteiger partial charge in [0, 0.05) is 18.6 Å². The summed E-state index contributed by atoms with van der Waals surface area (Å²) in [6, 6.07) is 6.12. The van der Waals surface area contributed by atoms with Crippen LogP contribution in [-0.4, -0.2) is 22.0 Å². The lowest BCUT2D eigenvalue weighted by atomic mass is 10.0. The van der Waals surface area contributed by atoms with Gasteiger partial charge in [-0.05, 0) is 45.4 Å². The molecular weight excluding hydrogens is 198 g/mol. The Balaban J connectivity index is 2.08. The third-order valence-electron chi connectivity index (χ3n) is 3.50. The topological polar surface area (TPSA) is 42.1 Å². The van der Waals surface area contributed by atoms with Crippen molar-refractivity contribution in [3.8, 4) is 0 Å². The van der Waals surface area contributed by atoms with Gasteiger partial charge in [0.05, 0.1) is 11.4 Å². The highest BCUT2D eigenvalue weighted by Gasteiger charge is 2.31. The lowest BCUT2D eigenvalue weighted by Crippen LogP contribution is -2.37. The average molecular weight is 219 g/mol. The molecule has 0 radical (unpaired) electrons. The van der Waals surface area contributed by atoms with Gasteiger partial charge in [0.1, 0.15) is 0 Å². The van der Waals surface area contributed by atoms with Gasteiger partial charge in [0.25, 0.3) is 0 Å². The fourth-order valence-corrected chi connectivity index (χ4v) is 2.38. The van der Waals surface area contributed by atoms with Crippen molar-refractivity contribution >= 4 is 0 Å². The summed E-state index contributed by atoms with van der Waals surface area (Å²) < 4.78 is 0. The maximum Gasteiger partial charge on any atom is 0.0548 e. The van der Waals surface area contributed by atoms with Crippen LogP contribution in [0.15, 0.2) is 18.2 Å². The summed E-state index contributed by atoms with van der Waals surface area (Å²) >= 11 is 0. The molecule has 0 unspecified atom stereocenters. The van der Waals surface area contributed by atoms with Crippen LogP contribution in [0.5, 0.6) is 0 Å². The minimum absolute atomic E-state index is 0.320. The molecule has 1 fully saturated rings. The SMILES string of the molecule is CC1(C)CCCN1Cc1cccc(CN)n1. The summed E-state index contributed by atoms with van der Waals surface area (Å²) in [5, 5.41) is 0. The Morgan fingerprint density at radius 3 is 2.75 bits per heavy atom. The molecule has 3 nitrogen and oxygen atoms in total. The van der Waals surface area contributed by atoms with Gasteiger partial charge in [-0.1, -0.05) is 6.07 Å². The molecule has 0 atom stereocenters. The number of nitrogens with zero attached hydrogens (tertiary/aromatic N) is 2. The first-order chi connectivity index (χ1) is 7.62. The number of nitrogens with two attached hydrogens (primary N) is 1. The predicted molar refractivity (Wildman–Crippen MR) is 65.9 cm³/mol. The van der Waals surface area contributed by atoms with Crippen molar-refractivity contribution in [1.29, 1.82) is 0 Å². The molecule has 2 N–H and O–H groups in total. The first kappa shape index (κ1) is 11.6. The molecule has 16 heavy (non-hydrogen) atoms. The molecule has 2 heterocycles. The summed E-state index contributed by atoms with van der Waals surface area (Å²) in [4.78, 5) is 7.06. The number of hydrogen-bond donors (Lipinski definition) is 1. The predicted octanol–water partition coefficient (Wildman–Crippen LogP) is 1.91. The van der Waals surface area contributed by atoms with Crippen LogP contribution in [0.4, 0.5) is 0 Å². The van der Waals surface area contributed by atoms with Crippen molar-refractivity contribution in [2.75, 3.05) is 6.54 Å². The third-order valence-corrected chi connectivity index (χ3v) is 3.50. The van der Waals surface area contributed by atoms with E-state index in [9.17, 15) is 0 Å². The zero-order valence-corrected chi connectivity index (χ0v) is 10.2. The van der Waals surface area contributed by atoms with Gasteiger partial charge in [-0.15, -0.1) is 0 Å². The second kappa shape index (κ2) is 4.52. The fourth-order valence-electron chi connectivity index (χ4n) is 2.38. The van der Waals surface area contributed by atoms with Crippen molar-refractivity contribution in [2.45, 2.75) is 45.3 Å². The minimum Gasteiger partial charge on any atom is -0.325 e. The van der Waals surface area contributed by atoms with E-state index in [-0.39, 0.29) is 0 Å². The van der Waals surface area contributed by atoms with E-state index in [2.05, 4.69) is 29.8 Å². The number of rotatable bonds is 3. The van der Waals surface area contributed by atoms with Gasteiger partial charge in [0.2, 0.25) is 0 Å². The van der Waals surface area contributed by atoms with Crippen molar-refractivity contribution < 1.29 is 0 Å². The highest BCUT2D eigenvalue weighted by atomic mass is 15.2. The molecule has 0 aromatic carbocycles. The first-order valence-corrected chi connectivity index (χ1v) is 6.02. The number of likely N-dealkylation sites (tertiary alicyclic amines) is 1. The van der Waals surface area contributed by atoms with E-state index in [0.29, 0.717) is 12.1 Å². The van der Waals surface area contributed by atoms with Crippen LogP contribution < -0.4 is 5.73 Å². The molecule has 0 aliphatic carbocycles. The van der Waals surface area contributed by atoms with Crippen molar-refractivity contribution in [3.05, 3.63) is 29.6 Å². The van der Waals surface area contributed by atoms with Crippen LogP contribution in [-0.2, 0) is 13.1 Å². The lowest BCUT2D eigenvalue weighted by Gasteiger charge is -2.31. The molecule has 0 amide bonds. The van der Waals surface area contributed by atoms with Crippen LogP contribution in [0, 0.1) is 0 Å². The molecule has 0 spiro atoms. The second-order valence-corrected chi connectivity index (χ2v) is 5.16. The molecular formula is C13H21N3. The largest absolute Gasteiger partial charge is 0.325 e. The Kier molecular flexibility index (Phi) is 3.26. The first-order valence-electron chi connectivity index (χ1n) is 6.02. The van der Waals surface area contributed by atoms with Crippen LogP contribution in [0.1, 0.15) is 38.1 Å². The zero-order valence-electron chi connectivity index (χ0n) is 10.2. The molecule has 1 saturated heterocycles. The highest BCUT2D eigenvalue weighted by Crippen LogP contribution is 2.29. The molecule has 0 saturated carbocycles. The normalized spacial score (nSPS) is 20.2. The van der Waals surface area contributed by atoms with E-state index in [4.69, 9.17) is 5.73 Å². The molecule has 1 aliphatic rings. The maximum atomic E-state index is 5.60. The van der Waals surface area contributed by atoms with Gasteiger partial charge >= 0.3 is 0 Å². The summed E-state index contributed by atoms with van der Waals surface area (Å²) in [5.41, 5.74) is 8.04. The van der Waals surface area contributed by atoms with Crippen molar-refractivity contribution in [1.82, 2.24) is 9.88 Å². The van der Waals surface area contributed by atoms with Crippen LogP contribution in [0.3, 0.4) is 0 Å². The maximum absolute atomic E-state index is 5.60. The minimum atomic E-state index is 0.320. The molecule has 1 aromatic rings. The summed E-state index contributed by atoms with van der Waals surface area (Å²) in [6.07, 6.45) is 2.58. The van der Waals surface area contributed by atoms with E-state index in [1.54, 1.807) is 0 Å². The number of pyridine rings is 1. The van der Waals surface area contributed by atoms with E-state index < -0.39 is 0 Å². The van der Waals surface area contributed by atoms with E-state index in [0.717, 1.165) is 17.9 Å². The molecule has 2 rings (SSSR count). The quantitative estimate of drug-likeness (QED) is 0.844. The standard InChI is InChI=1S/C13H21N3/c1-13(2)7-4-8-16(13)10-12-6-3-5-11(9-14)15-12/h3,5-6H,4,7-10,14H2,1-2H3. The fraction of sp³-hybridized carbons (Fsp3) is 0.615. The van der Waals surface area contributed by atoms with Gasteiger partial charge < -0.3 is 5.73 Å². The smallest absolute Gasteiger partial charge is 0.0548 e. The zero-order chi connectivity index (χ0) is 11.6. The monoisotopic (exact) mass is 219 g/mol. The van der Waals surface area contributed by atoms with Gasteiger partial charge in [-0.3, -0.25) is 9.88 Å². The number of hydrogen-bond acceptors (Lipinski definition) is 3. The summed E-state index contributed by atoms with van der Waals surface area (Å²) in [5.74, 6) is 0. The van der Waals surface area contributed by atoms with Gasteiger partial charge in [0.15, 0.2) is 0 Å². The molecule has 3 heteroatoms. The summed E-state index contributed by atoms with van der Waals surface area (Å²) in [6.45, 7) is 7.28. The van der Waals surface area contributed by atoms with Crippen LogP contribution >= 0.6 is 0 Å². The lowest BCUT2D eigenvalue weighted by molar-refractivity contribution is 0.164. The van der Waals surface area contributed by atoms with Gasteiger partial charge in [-0.2, -0.15) is 0 Å². The Bertz CT molecular complexity index is 360. The van der Waals surface area contributed by atoms with E-state index in [1.165, 1.54) is 19.4 Å². The van der Waals surface area contributed by atoms with Crippen molar-refractivity contribution in [2.24, 2.45) is 5.73 Å². The molecule has 1 aromatic heterocycles.